The fourth-order valence-electron chi connectivity index (χ4n) is 3.71. The van der Waals surface area contributed by atoms with Crippen molar-refractivity contribution >= 4 is 44.8 Å². The minimum atomic E-state index is 0.720. The third-order valence-corrected chi connectivity index (χ3v) is 5.16. The van der Waals surface area contributed by atoms with E-state index in [2.05, 4.69) is 27.8 Å². The van der Waals surface area contributed by atoms with E-state index in [0.29, 0.717) is 0 Å². The Hall–Kier alpha value is -4.19. The molecular weight excluding hydrogens is 388 g/mol. The van der Waals surface area contributed by atoms with Crippen LogP contribution in [-0.2, 0) is 0 Å². The molecule has 5 aromatic rings. The van der Waals surface area contributed by atoms with E-state index in [1.807, 2.05) is 66.7 Å². The molecule has 0 bridgehead atoms. The predicted molar refractivity (Wildman–Crippen MR) is 126 cm³/mol. The number of benzene rings is 3. The Morgan fingerprint density at radius 3 is 2.13 bits per heavy atom. The summed E-state index contributed by atoms with van der Waals surface area (Å²) in [5.41, 5.74) is 4.62. The first-order valence-corrected chi connectivity index (χ1v) is 9.97. The lowest BCUT2D eigenvalue weighted by Gasteiger charge is -2.13. The molecule has 0 saturated carbocycles. The maximum atomic E-state index is 5.38. The number of para-hydroxylation sites is 1. The summed E-state index contributed by atoms with van der Waals surface area (Å²) in [6.45, 7) is 0. The maximum Gasteiger partial charge on any atom is 0.142 e. The molecule has 3 N–H and O–H groups in total. The highest BCUT2D eigenvalue weighted by molar-refractivity contribution is 6.13. The monoisotopic (exact) mass is 410 g/mol. The molecule has 31 heavy (non-hydrogen) atoms. The Kier molecular flexibility index (Phi) is 4.80. The van der Waals surface area contributed by atoms with Crippen LogP contribution in [-0.4, -0.2) is 24.2 Å². The van der Waals surface area contributed by atoms with Gasteiger partial charge in [0.25, 0.3) is 0 Å². The second-order valence-electron chi connectivity index (χ2n) is 7.16. The van der Waals surface area contributed by atoms with Crippen molar-refractivity contribution in [3.8, 4) is 11.5 Å². The molecule has 0 saturated heterocycles. The summed E-state index contributed by atoms with van der Waals surface area (Å²) in [6.07, 6.45) is 0. The second kappa shape index (κ2) is 7.91. The van der Waals surface area contributed by atoms with E-state index in [-0.39, 0.29) is 0 Å². The molecule has 6 nitrogen and oxygen atoms in total. The number of rotatable bonds is 6. The molecule has 6 heteroatoms. The Bertz CT molecular complexity index is 1380. The number of aromatic amines is 1. The second-order valence-corrected chi connectivity index (χ2v) is 7.16. The number of H-pyrrole nitrogens is 1. The van der Waals surface area contributed by atoms with Gasteiger partial charge in [-0.25, -0.2) is 4.98 Å². The molecule has 2 aromatic heterocycles. The molecule has 0 atom stereocenters. The topological polar surface area (TPSA) is 71.2 Å². The Morgan fingerprint density at radius 1 is 0.742 bits per heavy atom. The van der Waals surface area contributed by atoms with Crippen LogP contribution in [0, 0.1) is 0 Å². The Morgan fingerprint density at radius 2 is 1.42 bits per heavy atom. The quantitative estimate of drug-likeness (QED) is 0.310. The van der Waals surface area contributed by atoms with Crippen LogP contribution < -0.4 is 20.1 Å². The van der Waals surface area contributed by atoms with Crippen molar-refractivity contribution in [2.75, 3.05) is 24.9 Å². The number of anilines is 4. The van der Waals surface area contributed by atoms with E-state index in [9.17, 15) is 0 Å². The van der Waals surface area contributed by atoms with Crippen molar-refractivity contribution in [3.05, 3.63) is 78.9 Å². The zero-order valence-corrected chi connectivity index (χ0v) is 17.3. The summed E-state index contributed by atoms with van der Waals surface area (Å²) in [4.78, 5) is 8.26. The lowest BCUT2D eigenvalue weighted by Crippen LogP contribution is -1.98. The van der Waals surface area contributed by atoms with E-state index < -0.39 is 0 Å². The predicted octanol–water partition coefficient (Wildman–Crippen LogP) is 6.22. The van der Waals surface area contributed by atoms with Gasteiger partial charge in [-0.05, 0) is 30.3 Å². The van der Waals surface area contributed by atoms with Crippen molar-refractivity contribution in [1.82, 2.24) is 9.97 Å². The summed E-state index contributed by atoms with van der Waals surface area (Å²) >= 11 is 0. The van der Waals surface area contributed by atoms with Crippen LogP contribution in [0.25, 0.3) is 21.9 Å². The molecule has 0 radical (unpaired) electrons. The van der Waals surface area contributed by atoms with Gasteiger partial charge in [-0.1, -0.05) is 30.3 Å². The molecule has 0 aliphatic rings. The zero-order chi connectivity index (χ0) is 21.2. The van der Waals surface area contributed by atoms with Gasteiger partial charge >= 0.3 is 0 Å². The number of nitrogens with one attached hydrogen (secondary N) is 3. The first-order valence-electron chi connectivity index (χ1n) is 9.97. The summed E-state index contributed by atoms with van der Waals surface area (Å²) in [7, 11) is 3.32. The fraction of sp³-hybridized carbons (Fsp3) is 0.0800. The molecule has 0 aliphatic heterocycles. The molecular formula is C25H22N4O2. The van der Waals surface area contributed by atoms with Crippen molar-refractivity contribution in [2.24, 2.45) is 0 Å². The SMILES string of the molecule is COc1cccc(Nc2cc(Nc3cccc(OC)c3)c3c(n2)[nH]c2ccccc23)c1. The molecule has 0 unspecified atom stereocenters. The van der Waals surface area contributed by atoms with Gasteiger partial charge < -0.3 is 25.1 Å². The van der Waals surface area contributed by atoms with Gasteiger partial charge in [0, 0.05) is 40.5 Å². The van der Waals surface area contributed by atoms with Crippen LogP contribution in [0.5, 0.6) is 11.5 Å². The molecule has 0 spiro atoms. The molecule has 0 aliphatic carbocycles. The van der Waals surface area contributed by atoms with Gasteiger partial charge in [0.05, 0.1) is 25.3 Å². The van der Waals surface area contributed by atoms with Crippen LogP contribution in [0.4, 0.5) is 22.9 Å². The van der Waals surface area contributed by atoms with Crippen molar-refractivity contribution in [1.29, 1.82) is 0 Å². The van der Waals surface area contributed by atoms with E-state index in [1.54, 1.807) is 14.2 Å². The largest absolute Gasteiger partial charge is 0.497 e. The van der Waals surface area contributed by atoms with E-state index in [0.717, 1.165) is 56.3 Å². The summed E-state index contributed by atoms with van der Waals surface area (Å²) in [5, 5.41) is 9.08. The number of pyridine rings is 1. The Labute approximate surface area is 179 Å². The summed E-state index contributed by atoms with van der Waals surface area (Å²) in [6, 6.07) is 25.9. The van der Waals surface area contributed by atoms with E-state index in [1.165, 1.54) is 0 Å². The van der Waals surface area contributed by atoms with E-state index >= 15 is 0 Å². The highest BCUT2D eigenvalue weighted by atomic mass is 16.5. The zero-order valence-electron chi connectivity index (χ0n) is 17.3. The lowest BCUT2D eigenvalue weighted by molar-refractivity contribution is 0.415. The molecule has 0 amide bonds. The fourth-order valence-corrected chi connectivity index (χ4v) is 3.71. The van der Waals surface area contributed by atoms with Crippen molar-refractivity contribution < 1.29 is 9.47 Å². The Balaban J connectivity index is 1.63. The van der Waals surface area contributed by atoms with Crippen molar-refractivity contribution in [2.45, 2.75) is 0 Å². The van der Waals surface area contributed by atoms with Crippen LogP contribution in [0.2, 0.25) is 0 Å². The number of nitrogens with zero attached hydrogens (tertiary/aromatic N) is 1. The van der Waals surface area contributed by atoms with Gasteiger partial charge in [-0.15, -0.1) is 0 Å². The summed E-state index contributed by atoms with van der Waals surface area (Å²) in [5.74, 6) is 2.30. The average molecular weight is 410 g/mol. The van der Waals surface area contributed by atoms with Crippen LogP contribution >= 0.6 is 0 Å². The number of fused-ring (bicyclic) bond motifs is 3. The smallest absolute Gasteiger partial charge is 0.142 e. The van der Waals surface area contributed by atoms with Crippen LogP contribution in [0.15, 0.2) is 78.9 Å². The van der Waals surface area contributed by atoms with Gasteiger partial charge in [-0.3, -0.25) is 0 Å². The minimum Gasteiger partial charge on any atom is -0.497 e. The first-order chi connectivity index (χ1) is 15.2. The minimum absolute atomic E-state index is 0.720. The highest BCUT2D eigenvalue weighted by Gasteiger charge is 2.13. The van der Waals surface area contributed by atoms with Gasteiger partial charge in [0.15, 0.2) is 0 Å². The molecule has 5 rings (SSSR count). The standard InChI is InChI=1S/C25H22N4O2/c1-30-18-9-5-7-16(13-18)26-22-15-23(27-17-8-6-10-19(14-17)31-2)29-25-24(22)20-11-3-4-12-21(20)28-25/h3-15H,1-2H3,(H3,26,27,28,29). The third-order valence-electron chi connectivity index (χ3n) is 5.16. The first kappa shape index (κ1) is 18.8. The maximum absolute atomic E-state index is 5.38. The van der Waals surface area contributed by atoms with E-state index in [4.69, 9.17) is 14.5 Å². The highest BCUT2D eigenvalue weighted by Crippen LogP contribution is 2.35. The number of methoxy groups -OCH3 is 2. The number of hydrogen-bond donors (Lipinski definition) is 3. The number of hydrogen-bond acceptors (Lipinski definition) is 5. The van der Waals surface area contributed by atoms with Gasteiger partial charge in [-0.2, -0.15) is 0 Å². The number of ether oxygens (including phenoxy) is 2. The van der Waals surface area contributed by atoms with Crippen LogP contribution in [0.1, 0.15) is 0 Å². The normalized spacial score (nSPS) is 10.9. The molecule has 2 heterocycles. The van der Waals surface area contributed by atoms with Gasteiger partial charge in [0.1, 0.15) is 23.0 Å². The average Bonchev–Trinajstić information content (AvgIpc) is 3.18. The molecule has 154 valence electrons. The van der Waals surface area contributed by atoms with Crippen LogP contribution in [0.3, 0.4) is 0 Å². The molecule has 3 aromatic carbocycles. The van der Waals surface area contributed by atoms with Crippen molar-refractivity contribution in [3.63, 3.8) is 0 Å². The molecule has 0 fully saturated rings. The lowest BCUT2D eigenvalue weighted by atomic mass is 10.1. The summed E-state index contributed by atoms with van der Waals surface area (Å²) < 4.78 is 10.7. The number of aromatic nitrogens is 2. The van der Waals surface area contributed by atoms with Gasteiger partial charge in [0.2, 0.25) is 0 Å². The third kappa shape index (κ3) is 3.71.